The summed E-state index contributed by atoms with van der Waals surface area (Å²) in [5.41, 5.74) is 2.85. The summed E-state index contributed by atoms with van der Waals surface area (Å²) in [5, 5.41) is 2.99. The zero-order chi connectivity index (χ0) is 22.8. The van der Waals surface area contributed by atoms with Gasteiger partial charge in [-0.1, -0.05) is 44.2 Å². The second-order valence-corrected chi connectivity index (χ2v) is 8.85. The number of carbonyl (C=O) groups excluding carboxylic acids is 3. The number of anilines is 1. The highest BCUT2D eigenvalue weighted by molar-refractivity contribution is 6.22. The van der Waals surface area contributed by atoms with Crippen LogP contribution in [-0.2, 0) is 11.3 Å². The number of nitrogens with zero attached hydrogens (tertiary/aromatic N) is 3. The van der Waals surface area contributed by atoms with E-state index in [-0.39, 0.29) is 11.8 Å². The van der Waals surface area contributed by atoms with Gasteiger partial charge in [0.05, 0.1) is 11.1 Å². The van der Waals surface area contributed by atoms with Crippen LogP contribution in [0, 0.1) is 5.92 Å². The fourth-order valence-corrected chi connectivity index (χ4v) is 4.48. The van der Waals surface area contributed by atoms with Gasteiger partial charge in [-0.2, -0.15) is 0 Å². The number of hydrogen-bond acceptors (Lipinski definition) is 5. The fraction of sp³-hybridized carbons (Fsp3) is 0.400. The van der Waals surface area contributed by atoms with Gasteiger partial charge in [0.1, 0.15) is 6.04 Å². The molecule has 1 atom stereocenters. The Bertz CT molecular complexity index is 992. The molecular formula is C25H30N4O3. The van der Waals surface area contributed by atoms with Crippen LogP contribution in [0.5, 0.6) is 0 Å². The van der Waals surface area contributed by atoms with E-state index in [1.807, 2.05) is 32.0 Å². The molecule has 2 aliphatic rings. The Labute approximate surface area is 189 Å². The maximum Gasteiger partial charge on any atom is 0.262 e. The number of hydrogen-bond donors (Lipinski definition) is 1. The normalized spacial score (nSPS) is 17.6. The van der Waals surface area contributed by atoms with Crippen molar-refractivity contribution in [3.05, 3.63) is 65.2 Å². The second kappa shape index (κ2) is 9.12. The molecule has 3 amide bonds. The molecule has 168 valence electrons. The van der Waals surface area contributed by atoms with Crippen molar-refractivity contribution in [2.24, 2.45) is 5.92 Å². The molecule has 1 fully saturated rings. The predicted octanol–water partition coefficient (Wildman–Crippen LogP) is 2.38. The molecule has 2 aromatic rings. The first-order valence-corrected chi connectivity index (χ1v) is 11.1. The zero-order valence-corrected chi connectivity index (χ0v) is 18.9. The summed E-state index contributed by atoms with van der Waals surface area (Å²) in [6, 6.07) is 13.9. The fourth-order valence-electron chi connectivity index (χ4n) is 4.48. The number of nitrogens with one attached hydrogen (secondary N) is 1. The monoisotopic (exact) mass is 434 g/mol. The van der Waals surface area contributed by atoms with E-state index in [4.69, 9.17) is 0 Å². The number of piperazine rings is 1. The van der Waals surface area contributed by atoms with Crippen LogP contribution in [0.3, 0.4) is 0 Å². The number of amides is 3. The van der Waals surface area contributed by atoms with Gasteiger partial charge in [-0.15, -0.1) is 0 Å². The topological polar surface area (TPSA) is 73.0 Å². The van der Waals surface area contributed by atoms with Gasteiger partial charge < -0.3 is 15.1 Å². The molecule has 2 heterocycles. The molecule has 32 heavy (non-hydrogen) atoms. The van der Waals surface area contributed by atoms with E-state index < -0.39 is 17.9 Å². The molecule has 1 N–H and O–H groups in total. The van der Waals surface area contributed by atoms with Crippen LogP contribution in [0.2, 0.25) is 0 Å². The van der Waals surface area contributed by atoms with Crippen LogP contribution in [0.25, 0.3) is 0 Å². The average Bonchev–Trinajstić information content (AvgIpc) is 3.04. The van der Waals surface area contributed by atoms with Gasteiger partial charge in [-0.05, 0) is 36.7 Å². The number of rotatable bonds is 6. The highest BCUT2D eigenvalue weighted by Crippen LogP contribution is 2.27. The lowest BCUT2D eigenvalue weighted by Crippen LogP contribution is -2.52. The van der Waals surface area contributed by atoms with Crippen molar-refractivity contribution >= 4 is 23.4 Å². The largest absolute Gasteiger partial charge is 0.369 e. The summed E-state index contributed by atoms with van der Waals surface area (Å²) in [6.45, 7) is 7.91. The maximum atomic E-state index is 13.2. The molecule has 0 bridgehead atoms. The first-order valence-electron chi connectivity index (χ1n) is 11.1. The molecule has 0 aliphatic carbocycles. The van der Waals surface area contributed by atoms with Crippen molar-refractivity contribution < 1.29 is 14.4 Å². The van der Waals surface area contributed by atoms with E-state index in [0.717, 1.165) is 42.3 Å². The first-order chi connectivity index (χ1) is 15.4. The van der Waals surface area contributed by atoms with Crippen molar-refractivity contribution in [1.82, 2.24) is 15.1 Å². The van der Waals surface area contributed by atoms with Crippen LogP contribution < -0.4 is 10.2 Å². The minimum Gasteiger partial charge on any atom is -0.369 e. The quantitative estimate of drug-likeness (QED) is 0.707. The molecular weight excluding hydrogens is 404 g/mol. The highest BCUT2D eigenvalue weighted by Gasteiger charge is 2.43. The van der Waals surface area contributed by atoms with Crippen LogP contribution >= 0.6 is 0 Å². The molecule has 0 spiro atoms. The van der Waals surface area contributed by atoms with Crippen molar-refractivity contribution in [2.45, 2.75) is 26.4 Å². The van der Waals surface area contributed by atoms with Crippen LogP contribution in [0.4, 0.5) is 5.69 Å². The summed E-state index contributed by atoms with van der Waals surface area (Å²) in [7, 11) is 2.12. The Kier molecular flexibility index (Phi) is 6.28. The van der Waals surface area contributed by atoms with Gasteiger partial charge in [0.2, 0.25) is 5.91 Å². The number of fused-ring (bicyclic) bond motifs is 1. The lowest BCUT2D eigenvalue weighted by molar-refractivity contribution is -0.126. The summed E-state index contributed by atoms with van der Waals surface area (Å²) in [5.74, 6) is -1.35. The van der Waals surface area contributed by atoms with Gasteiger partial charge in [0.15, 0.2) is 0 Å². The van der Waals surface area contributed by atoms with Crippen LogP contribution in [0.1, 0.15) is 40.1 Å². The van der Waals surface area contributed by atoms with Crippen LogP contribution in [-0.4, -0.2) is 66.8 Å². The van der Waals surface area contributed by atoms with E-state index in [1.165, 1.54) is 0 Å². The van der Waals surface area contributed by atoms with Crippen molar-refractivity contribution in [3.63, 3.8) is 0 Å². The Balaban J connectivity index is 1.50. The van der Waals surface area contributed by atoms with Crippen molar-refractivity contribution in [3.8, 4) is 0 Å². The van der Waals surface area contributed by atoms with E-state index in [2.05, 4.69) is 28.2 Å². The number of para-hydroxylation sites is 1. The van der Waals surface area contributed by atoms with E-state index >= 15 is 0 Å². The molecule has 7 heteroatoms. The number of likely N-dealkylation sites (N-methyl/N-ethyl adjacent to an activating group) is 1. The first kappa shape index (κ1) is 22.0. The van der Waals surface area contributed by atoms with Gasteiger partial charge in [-0.3, -0.25) is 19.3 Å². The van der Waals surface area contributed by atoms with Crippen LogP contribution in [0.15, 0.2) is 48.5 Å². The van der Waals surface area contributed by atoms with Crippen molar-refractivity contribution in [2.75, 3.05) is 38.1 Å². The summed E-state index contributed by atoms with van der Waals surface area (Å²) in [4.78, 5) is 44.9. The molecule has 2 aromatic carbocycles. The number of carbonyl (C=O) groups is 3. The average molecular weight is 435 g/mol. The zero-order valence-electron chi connectivity index (χ0n) is 18.9. The lowest BCUT2D eigenvalue weighted by Gasteiger charge is -2.35. The van der Waals surface area contributed by atoms with Gasteiger partial charge in [0, 0.05) is 38.4 Å². The van der Waals surface area contributed by atoms with E-state index in [9.17, 15) is 14.4 Å². The minimum atomic E-state index is -0.863. The molecule has 0 radical (unpaired) electrons. The standard InChI is InChI=1S/C25H30N4O3/c1-17(2)22(29-24(31)19-9-5-6-10-20(19)25(29)32)23(30)26-16-18-8-4-7-11-21(18)28-14-12-27(3)13-15-28/h4-11,17,22H,12-16H2,1-3H3,(H,26,30). The van der Waals surface area contributed by atoms with Gasteiger partial charge in [-0.25, -0.2) is 0 Å². The van der Waals surface area contributed by atoms with E-state index in [1.54, 1.807) is 24.3 Å². The molecule has 7 nitrogen and oxygen atoms in total. The third kappa shape index (κ3) is 4.12. The SMILES string of the molecule is CC(C)C(C(=O)NCc1ccccc1N1CCN(C)CC1)N1C(=O)c2ccccc2C1=O. The Morgan fingerprint density at radius 2 is 1.47 bits per heavy atom. The molecule has 1 saturated heterocycles. The molecule has 1 unspecified atom stereocenters. The lowest BCUT2D eigenvalue weighted by atomic mass is 10.0. The summed E-state index contributed by atoms with van der Waals surface area (Å²) >= 11 is 0. The Morgan fingerprint density at radius 1 is 0.906 bits per heavy atom. The number of imide groups is 1. The third-order valence-corrected chi connectivity index (χ3v) is 6.29. The Morgan fingerprint density at radius 3 is 2.06 bits per heavy atom. The number of benzene rings is 2. The minimum absolute atomic E-state index is 0.218. The Hall–Kier alpha value is -3.19. The van der Waals surface area contributed by atoms with E-state index in [0.29, 0.717) is 17.7 Å². The van der Waals surface area contributed by atoms with Crippen molar-refractivity contribution in [1.29, 1.82) is 0 Å². The summed E-state index contributed by atoms with van der Waals surface area (Å²) in [6.07, 6.45) is 0. The molecule has 0 saturated carbocycles. The van der Waals surface area contributed by atoms with Gasteiger partial charge >= 0.3 is 0 Å². The third-order valence-electron chi connectivity index (χ3n) is 6.29. The van der Waals surface area contributed by atoms with Gasteiger partial charge in [0.25, 0.3) is 11.8 Å². The second-order valence-electron chi connectivity index (χ2n) is 8.85. The smallest absolute Gasteiger partial charge is 0.262 e. The predicted molar refractivity (Wildman–Crippen MR) is 124 cm³/mol. The molecule has 0 aromatic heterocycles. The maximum absolute atomic E-state index is 13.2. The molecule has 4 rings (SSSR count). The highest BCUT2D eigenvalue weighted by atomic mass is 16.2. The molecule has 2 aliphatic heterocycles. The summed E-state index contributed by atoms with van der Waals surface area (Å²) < 4.78 is 0.